The van der Waals surface area contributed by atoms with Gasteiger partial charge in [-0.25, -0.2) is 0 Å². The van der Waals surface area contributed by atoms with Gasteiger partial charge >= 0.3 is 5.97 Å². The molecule has 8 heteroatoms. The van der Waals surface area contributed by atoms with Crippen molar-refractivity contribution < 1.29 is 29.0 Å². The summed E-state index contributed by atoms with van der Waals surface area (Å²) in [5, 5.41) is 10.4. The molecule has 4 aliphatic rings. The highest BCUT2D eigenvalue weighted by Crippen LogP contribution is 2.59. The Hall–Kier alpha value is -1.93. The minimum atomic E-state index is -1.06. The summed E-state index contributed by atoms with van der Waals surface area (Å²) >= 11 is 0. The van der Waals surface area contributed by atoms with Gasteiger partial charge < -0.3 is 24.4 Å². The van der Waals surface area contributed by atoms with Gasteiger partial charge in [0.25, 0.3) is 0 Å². The zero-order valence-corrected chi connectivity index (χ0v) is 21.5. The van der Waals surface area contributed by atoms with Crippen LogP contribution in [0.4, 0.5) is 0 Å². The molecule has 1 spiro atoms. The largest absolute Gasteiger partial charge is 0.466 e. The Balaban J connectivity index is 1.76. The summed E-state index contributed by atoms with van der Waals surface area (Å²) in [5.41, 5.74) is -1.06. The fourth-order valence-electron chi connectivity index (χ4n) is 7.20. The predicted octanol–water partition coefficient (Wildman–Crippen LogP) is 2.68. The number of hydrogen-bond donors (Lipinski definition) is 1. The zero-order chi connectivity index (χ0) is 25.3. The number of carbonyl (C=O) groups is 3. The number of ether oxygens (including phenoxy) is 2. The van der Waals surface area contributed by atoms with Gasteiger partial charge in [-0.15, -0.1) is 6.58 Å². The number of esters is 1. The van der Waals surface area contributed by atoms with E-state index in [0.29, 0.717) is 25.8 Å². The van der Waals surface area contributed by atoms with Crippen molar-refractivity contribution in [3.05, 3.63) is 12.7 Å². The molecule has 2 bridgehead atoms. The van der Waals surface area contributed by atoms with Gasteiger partial charge in [0.2, 0.25) is 11.8 Å². The molecular weight excluding hydrogens is 448 g/mol. The maximum atomic E-state index is 14.4. The second-order valence-electron chi connectivity index (χ2n) is 11.1. The van der Waals surface area contributed by atoms with Crippen molar-refractivity contribution in [2.75, 3.05) is 19.8 Å². The summed E-state index contributed by atoms with van der Waals surface area (Å²) in [6.07, 6.45) is 8.23. The molecule has 3 saturated heterocycles. The van der Waals surface area contributed by atoms with Crippen LogP contribution in [0.15, 0.2) is 12.7 Å². The van der Waals surface area contributed by atoms with E-state index in [1.807, 2.05) is 18.7 Å². The SMILES string of the molecule is C=CCN(C(=O)C1N([C@@H](CO)CC(C)C)C(=O)[C@@H]2[C@H](C(=O)OCC)[C@@H]3CCC12O3)C1CCCCC1. The highest BCUT2D eigenvalue weighted by Gasteiger charge is 2.75. The quantitative estimate of drug-likeness (QED) is 0.374. The van der Waals surface area contributed by atoms with E-state index in [2.05, 4.69) is 6.58 Å². The number of aliphatic hydroxyl groups excluding tert-OH is 1. The van der Waals surface area contributed by atoms with Crippen molar-refractivity contribution in [2.24, 2.45) is 17.8 Å². The molecule has 0 aromatic heterocycles. The molecule has 0 aromatic carbocycles. The summed E-state index contributed by atoms with van der Waals surface area (Å²) in [6, 6.07) is -1.28. The Bertz CT molecular complexity index is 824. The first-order valence-electron chi connectivity index (χ1n) is 13.5. The molecule has 0 aromatic rings. The van der Waals surface area contributed by atoms with E-state index in [1.165, 1.54) is 6.42 Å². The summed E-state index contributed by atoms with van der Waals surface area (Å²) in [4.78, 5) is 45.0. The molecular formula is C27H42N2O6. The third-order valence-electron chi connectivity index (χ3n) is 8.50. The number of fused-ring (bicyclic) bond motifs is 1. The van der Waals surface area contributed by atoms with Crippen LogP contribution in [0, 0.1) is 17.8 Å². The number of hydrogen-bond acceptors (Lipinski definition) is 6. The molecule has 1 aliphatic carbocycles. The van der Waals surface area contributed by atoms with Crippen LogP contribution in [-0.4, -0.2) is 82.3 Å². The Morgan fingerprint density at radius 3 is 2.60 bits per heavy atom. The van der Waals surface area contributed by atoms with E-state index in [1.54, 1.807) is 17.9 Å². The Morgan fingerprint density at radius 2 is 2.00 bits per heavy atom. The van der Waals surface area contributed by atoms with Gasteiger partial charge in [0.05, 0.1) is 37.2 Å². The van der Waals surface area contributed by atoms with E-state index < -0.39 is 41.6 Å². The number of amides is 2. The van der Waals surface area contributed by atoms with Crippen LogP contribution in [0.2, 0.25) is 0 Å². The smallest absolute Gasteiger partial charge is 0.312 e. The van der Waals surface area contributed by atoms with Crippen molar-refractivity contribution in [2.45, 2.75) is 102 Å². The highest BCUT2D eigenvalue weighted by atomic mass is 16.6. The van der Waals surface area contributed by atoms with Crippen molar-refractivity contribution >= 4 is 17.8 Å². The van der Waals surface area contributed by atoms with Gasteiger partial charge in [-0.05, 0) is 44.9 Å². The van der Waals surface area contributed by atoms with E-state index in [9.17, 15) is 19.5 Å². The van der Waals surface area contributed by atoms with Gasteiger partial charge in [0.1, 0.15) is 11.6 Å². The molecule has 4 rings (SSSR count). The Morgan fingerprint density at radius 1 is 1.29 bits per heavy atom. The van der Waals surface area contributed by atoms with Crippen LogP contribution in [0.5, 0.6) is 0 Å². The monoisotopic (exact) mass is 490 g/mol. The second kappa shape index (κ2) is 10.6. The maximum Gasteiger partial charge on any atom is 0.312 e. The van der Waals surface area contributed by atoms with E-state index in [-0.39, 0.29) is 37.0 Å². The normalized spacial score (nSPS) is 33.2. The number of likely N-dealkylation sites (tertiary alicyclic amines) is 1. The molecule has 1 saturated carbocycles. The molecule has 0 radical (unpaired) electrons. The second-order valence-corrected chi connectivity index (χ2v) is 11.1. The molecule has 2 unspecified atom stereocenters. The standard InChI is InChI=1S/C27H42N2O6/c1-5-14-28(18-10-8-7-9-11-18)25(32)23-27-13-12-20(35-27)21(26(33)34-6-2)22(27)24(31)29(23)19(16-30)15-17(3)4/h5,17-23,30H,1,6-16H2,2-4H3/t19-,20+,21-,22+,23?,27?/m1/s1. The third kappa shape index (κ3) is 4.41. The van der Waals surface area contributed by atoms with Crippen LogP contribution in [0.3, 0.4) is 0 Å². The summed E-state index contributed by atoms with van der Waals surface area (Å²) in [5.74, 6) is -2.07. The van der Waals surface area contributed by atoms with Gasteiger partial charge in [0.15, 0.2) is 0 Å². The highest BCUT2D eigenvalue weighted by molar-refractivity contribution is 5.98. The average molecular weight is 491 g/mol. The topological polar surface area (TPSA) is 96.4 Å². The molecule has 3 heterocycles. The van der Waals surface area contributed by atoms with Crippen LogP contribution in [-0.2, 0) is 23.9 Å². The van der Waals surface area contributed by atoms with Crippen molar-refractivity contribution in [1.82, 2.24) is 9.80 Å². The van der Waals surface area contributed by atoms with E-state index in [4.69, 9.17) is 9.47 Å². The van der Waals surface area contributed by atoms with E-state index >= 15 is 0 Å². The maximum absolute atomic E-state index is 14.4. The lowest BCUT2D eigenvalue weighted by atomic mass is 9.70. The first-order chi connectivity index (χ1) is 16.8. The molecule has 1 N–H and O–H groups in total. The molecule has 196 valence electrons. The summed E-state index contributed by atoms with van der Waals surface area (Å²) < 4.78 is 11.8. The van der Waals surface area contributed by atoms with Gasteiger partial charge in [-0.2, -0.15) is 0 Å². The summed E-state index contributed by atoms with van der Waals surface area (Å²) in [6.45, 7) is 10.1. The van der Waals surface area contributed by atoms with Gasteiger partial charge in [-0.1, -0.05) is 39.2 Å². The average Bonchev–Trinajstić information content (AvgIpc) is 3.48. The van der Waals surface area contributed by atoms with Crippen molar-refractivity contribution in [3.8, 4) is 0 Å². The molecule has 6 atom stereocenters. The lowest BCUT2D eigenvalue weighted by Crippen LogP contribution is -2.60. The van der Waals surface area contributed by atoms with Crippen molar-refractivity contribution in [3.63, 3.8) is 0 Å². The Kier molecular flexibility index (Phi) is 7.91. The first kappa shape index (κ1) is 26.1. The number of carbonyl (C=O) groups excluding carboxylic acids is 3. The molecule has 35 heavy (non-hydrogen) atoms. The lowest BCUT2D eigenvalue weighted by Gasteiger charge is -2.42. The van der Waals surface area contributed by atoms with Crippen molar-refractivity contribution in [1.29, 1.82) is 0 Å². The van der Waals surface area contributed by atoms with Crippen LogP contribution >= 0.6 is 0 Å². The number of rotatable bonds is 10. The Labute approximate surface area is 209 Å². The zero-order valence-electron chi connectivity index (χ0n) is 21.5. The minimum Gasteiger partial charge on any atom is -0.466 e. The van der Waals surface area contributed by atoms with Crippen LogP contribution in [0.25, 0.3) is 0 Å². The predicted molar refractivity (Wildman–Crippen MR) is 130 cm³/mol. The number of nitrogens with zero attached hydrogens (tertiary/aromatic N) is 2. The van der Waals surface area contributed by atoms with E-state index in [0.717, 1.165) is 25.7 Å². The molecule has 8 nitrogen and oxygen atoms in total. The molecule has 4 fully saturated rings. The molecule has 3 aliphatic heterocycles. The minimum absolute atomic E-state index is 0.0961. The van der Waals surface area contributed by atoms with Gasteiger partial charge in [0, 0.05) is 12.6 Å². The van der Waals surface area contributed by atoms with Gasteiger partial charge in [-0.3, -0.25) is 14.4 Å². The molecule has 2 amide bonds. The van der Waals surface area contributed by atoms with Crippen LogP contribution < -0.4 is 0 Å². The summed E-state index contributed by atoms with van der Waals surface area (Å²) in [7, 11) is 0. The fourth-order valence-corrected chi connectivity index (χ4v) is 7.20. The van der Waals surface area contributed by atoms with Crippen LogP contribution in [0.1, 0.15) is 72.1 Å². The fraction of sp³-hybridized carbons (Fsp3) is 0.815. The third-order valence-corrected chi connectivity index (χ3v) is 8.50. The number of aliphatic hydroxyl groups is 1. The first-order valence-corrected chi connectivity index (χ1v) is 13.5. The lowest BCUT2D eigenvalue weighted by molar-refractivity contribution is -0.157.